The van der Waals surface area contributed by atoms with Crippen molar-refractivity contribution in [2.24, 2.45) is 0 Å². The van der Waals surface area contributed by atoms with Crippen molar-refractivity contribution in [1.82, 2.24) is 9.55 Å². The minimum absolute atomic E-state index is 0.788. The van der Waals surface area contributed by atoms with Crippen LogP contribution in [0, 0.1) is 0 Å². The Hall–Kier alpha value is -6.91. The third-order valence-electron chi connectivity index (χ3n) is 9.85. The van der Waals surface area contributed by atoms with E-state index in [2.05, 4.69) is 178 Å². The van der Waals surface area contributed by atoms with Crippen LogP contribution in [0.25, 0.3) is 71.8 Å². The van der Waals surface area contributed by atoms with Gasteiger partial charge in [-0.3, -0.25) is 4.98 Å². The predicted molar refractivity (Wildman–Crippen MR) is 211 cm³/mol. The Kier molecular flexibility index (Phi) is 6.78. The quantitative estimate of drug-likeness (QED) is 0.179. The Bertz CT molecular complexity index is 2800. The highest BCUT2D eigenvalue weighted by Gasteiger charge is 2.17. The maximum Gasteiger partial charge on any atom is 0.153 e. The van der Waals surface area contributed by atoms with Crippen LogP contribution < -0.4 is 4.90 Å². The lowest BCUT2D eigenvalue weighted by Crippen LogP contribution is -2.09. The third kappa shape index (κ3) is 4.96. The molecule has 7 aromatic carbocycles. The molecular weight excluding hydrogens is 623 g/mol. The monoisotopic (exact) mass is 653 g/mol. The molecule has 0 N–H and O–H groups in total. The molecule has 0 aliphatic carbocycles. The molecule has 0 bridgehead atoms. The van der Waals surface area contributed by atoms with Gasteiger partial charge < -0.3 is 13.9 Å². The zero-order valence-electron chi connectivity index (χ0n) is 27.6. The van der Waals surface area contributed by atoms with E-state index in [-0.39, 0.29) is 0 Å². The molecule has 0 aliphatic rings. The van der Waals surface area contributed by atoms with Gasteiger partial charge in [-0.2, -0.15) is 0 Å². The van der Waals surface area contributed by atoms with Crippen LogP contribution in [0.3, 0.4) is 0 Å². The minimum atomic E-state index is 0.788. The van der Waals surface area contributed by atoms with E-state index < -0.39 is 0 Å². The summed E-state index contributed by atoms with van der Waals surface area (Å²) >= 11 is 0. The summed E-state index contributed by atoms with van der Waals surface area (Å²) in [6, 6.07) is 64.5. The van der Waals surface area contributed by atoms with Gasteiger partial charge >= 0.3 is 0 Å². The first kappa shape index (κ1) is 29.0. The molecule has 0 fully saturated rings. The van der Waals surface area contributed by atoms with Gasteiger partial charge in [0.1, 0.15) is 11.1 Å². The molecule has 240 valence electrons. The Morgan fingerprint density at radius 2 is 1.00 bits per heavy atom. The molecule has 0 saturated heterocycles. The van der Waals surface area contributed by atoms with E-state index in [1.807, 2.05) is 24.4 Å². The molecule has 10 aromatic rings. The van der Waals surface area contributed by atoms with Gasteiger partial charge in [0.05, 0.1) is 11.0 Å². The van der Waals surface area contributed by atoms with Gasteiger partial charge in [-0.15, -0.1) is 0 Å². The van der Waals surface area contributed by atoms with E-state index in [0.29, 0.717) is 0 Å². The largest absolute Gasteiger partial charge is 0.454 e. The fraction of sp³-hybridized carbons (Fsp3) is 0. The number of benzene rings is 7. The van der Waals surface area contributed by atoms with Crippen LogP contribution in [-0.4, -0.2) is 9.55 Å². The summed E-state index contributed by atoms with van der Waals surface area (Å²) in [5.41, 5.74) is 13.8. The topological polar surface area (TPSA) is 34.2 Å². The SMILES string of the molecule is c1ccc(-c2ccc(N(c3ccc(-c4cccc(-n5c6ccccc6c6ccccc65)c4)cc3)c3ccc4c(c3)oc3cccnc34)cc2)cc1. The first-order valence-electron chi connectivity index (χ1n) is 17.2. The van der Waals surface area contributed by atoms with Crippen molar-refractivity contribution in [2.45, 2.75) is 0 Å². The molecule has 0 atom stereocenters. The summed E-state index contributed by atoms with van der Waals surface area (Å²) in [6.07, 6.45) is 1.81. The normalized spacial score (nSPS) is 11.5. The molecule has 3 aromatic heterocycles. The standard InChI is InChI=1S/C47H31N3O/c1-2-10-32(11-3-1)33-19-23-36(24-20-33)49(39-27-28-42-46(31-39)51-45-18-9-29-48-47(42)45)37-25-21-34(22-26-37)35-12-8-13-38(30-35)50-43-16-6-4-14-40(43)41-15-5-7-17-44(41)50/h1-31H. The first-order valence-corrected chi connectivity index (χ1v) is 17.2. The summed E-state index contributed by atoms with van der Waals surface area (Å²) in [5.74, 6) is 0. The van der Waals surface area contributed by atoms with Gasteiger partial charge in [0.2, 0.25) is 0 Å². The van der Waals surface area contributed by atoms with Gasteiger partial charge in [0, 0.05) is 51.2 Å². The summed E-state index contributed by atoms with van der Waals surface area (Å²) in [4.78, 5) is 6.87. The summed E-state index contributed by atoms with van der Waals surface area (Å²) in [5, 5.41) is 3.53. The van der Waals surface area contributed by atoms with Crippen LogP contribution >= 0.6 is 0 Å². The fourth-order valence-corrected chi connectivity index (χ4v) is 7.43. The number of hydrogen-bond acceptors (Lipinski definition) is 3. The van der Waals surface area contributed by atoms with Crippen LogP contribution in [-0.2, 0) is 0 Å². The van der Waals surface area contributed by atoms with Gasteiger partial charge in [-0.1, -0.05) is 103 Å². The molecule has 0 unspecified atom stereocenters. The average Bonchev–Trinajstić information content (AvgIpc) is 3.74. The molecule has 4 heteroatoms. The second-order valence-electron chi connectivity index (χ2n) is 12.8. The maximum absolute atomic E-state index is 6.27. The molecule has 4 nitrogen and oxygen atoms in total. The lowest BCUT2D eigenvalue weighted by Gasteiger charge is -2.26. The van der Waals surface area contributed by atoms with Crippen LogP contribution in [0.1, 0.15) is 0 Å². The number of para-hydroxylation sites is 2. The smallest absolute Gasteiger partial charge is 0.153 e. The van der Waals surface area contributed by atoms with Crippen molar-refractivity contribution < 1.29 is 4.42 Å². The summed E-state index contributed by atoms with van der Waals surface area (Å²) in [7, 11) is 0. The van der Waals surface area contributed by atoms with Crippen molar-refractivity contribution in [3.05, 3.63) is 188 Å². The van der Waals surface area contributed by atoms with E-state index in [1.165, 1.54) is 32.9 Å². The number of furan rings is 1. The molecule has 0 aliphatic heterocycles. The lowest BCUT2D eigenvalue weighted by molar-refractivity contribution is 0.668. The first-order chi connectivity index (χ1) is 25.3. The lowest BCUT2D eigenvalue weighted by atomic mass is 10.0. The average molecular weight is 654 g/mol. The zero-order chi connectivity index (χ0) is 33.7. The van der Waals surface area contributed by atoms with E-state index in [0.717, 1.165) is 55.9 Å². The number of fused-ring (bicyclic) bond motifs is 6. The van der Waals surface area contributed by atoms with Gasteiger partial charge in [-0.05, 0) is 95.1 Å². The highest BCUT2D eigenvalue weighted by atomic mass is 16.3. The van der Waals surface area contributed by atoms with E-state index in [4.69, 9.17) is 4.42 Å². The number of rotatable bonds is 6. The fourth-order valence-electron chi connectivity index (χ4n) is 7.43. The molecule has 3 heterocycles. The van der Waals surface area contributed by atoms with Crippen LogP contribution in [0.15, 0.2) is 193 Å². The molecule has 0 spiro atoms. The van der Waals surface area contributed by atoms with Gasteiger partial charge in [-0.25, -0.2) is 0 Å². The number of anilines is 3. The molecule has 0 radical (unpaired) electrons. The highest BCUT2D eigenvalue weighted by Crippen LogP contribution is 2.40. The number of hydrogen-bond donors (Lipinski definition) is 0. The number of pyridine rings is 1. The zero-order valence-corrected chi connectivity index (χ0v) is 27.6. The van der Waals surface area contributed by atoms with Crippen LogP contribution in [0.5, 0.6) is 0 Å². The Morgan fingerprint density at radius 3 is 1.71 bits per heavy atom. The van der Waals surface area contributed by atoms with Crippen molar-refractivity contribution in [3.8, 4) is 27.9 Å². The molecule has 10 rings (SSSR count). The summed E-state index contributed by atoms with van der Waals surface area (Å²) in [6.45, 7) is 0. The molecule has 0 saturated carbocycles. The Morgan fingerprint density at radius 1 is 0.412 bits per heavy atom. The predicted octanol–water partition coefficient (Wildman–Crippen LogP) is 12.9. The van der Waals surface area contributed by atoms with Gasteiger partial charge in [0.15, 0.2) is 5.58 Å². The third-order valence-corrected chi connectivity index (χ3v) is 9.85. The second-order valence-corrected chi connectivity index (χ2v) is 12.8. The molecular formula is C47H31N3O. The molecule has 0 amide bonds. The molecule has 51 heavy (non-hydrogen) atoms. The number of nitrogens with zero attached hydrogens (tertiary/aromatic N) is 3. The van der Waals surface area contributed by atoms with E-state index in [9.17, 15) is 0 Å². The van der Waals surface area contributed by atoms with Crippen molar-refractivity contribution in [1.29, 1.82) is 0 Å². The van der Waals surface area contributed by atoms with Crippen LogP contribution in [0.2, 0.25) is 0 Å². The van der Waals surface area contributed by atoms with E-state index in [1.54, 1.807) is 0 Å². The minimum Gasteiger partial charge on any atom is -0.454 e. The highest BCUT2D eigenvalue weighted by molar-refractivity contribution is 6.09. The van der Waals surface area contributed by atoms with E-state index >= 15 is 0 Å². The summed E-state index contributed by atoms with van der Waals surface area (Å²) < 4.78 is 8.64. The second kappa shape index (κ2) is 11.9. The maximum atomic E-state index is 6.27. The van der Waals surface area contributed by atoms with Crippen molar-refractivity contribution >= 4 is 60.9 Å². The Balaban J connectivity index is 1.06. The van der Waals surface area contributed by atoms with Crippen LogP contribution in [0.4, 0.5) is 17.1 Å². The Labute approximate surface area is 295 Å². The number of aromatic nitrogens is 2. The van der Waals surface area contributed by atoms with Crippen molar-refractivity contribution in [2.75, 3.05) is 4.90 Å². The van der Waals surface area contributed by atoms with Gasteiger partial charge in [0.25, 0.3) is 0 Å². The van der Waals surface area contributed by atoms with Crippen molar-refractivity contribution in [3.63, 3.8) is 0 Å².